The van der Waals surface area contributed by atoms with Crippen LogP contribution in [0.4, 0.5) is 0 Å². The summed E-state index contributed by atoms with van der Waals surface area (Å²) in [5.74, 6) is -5.38. The van der Waals surface area contributed by atoms with Crippen LogP contribution < -0.4 is 276 Å². The van der Waals surface area contributed by atoms with Gasteiger partial charge in [0.15, 0.2) is 55.9 Å². The molecule has 0 amide bonds. The summed E-state index contributed by atoms with van der Waals surface area (Å²) < 4.78 is 450. The van der Waals surface area contributed by atoms with Gasteiger partial charge >= 0.3 is 266 Å². The fourth-order valence-corrected chi connectivity index (χ4v) is 14.2. The summed E-state index contributed by atoms with van der Waals surface area (Å²) in [4.78, 5) is 26.6. The Kier molecular flexibility index (Phi) is 61.0. The van der Waals surface area contributed by atoms with E-state index in [2.05, 4.69) is 37.6 Å². The van der Waals surface area contributed by atoms with Crippen LogP contribution in [-0.2, 0) is 212 Å². The number of carboxylic acids is 2. The Morgan fingerprint density at radius 2 is 0.527 bits per heavy atom. The van der Waals surface area contributed by atoms with Gasteiger partial charge in [0.1, 0.15) is 97.7 Å². The summed E-state index contributed by atoms with van der Waals surface area (Å²) in [6.07, 6.45) is -72.7. The van der Waals surface area contributed by atoms with Crippen LogP contribution in [0.5, 0.6) is 0 Å². The number of hydrogen-bond acceptors (Lipinski definition) is 55. The van der Waals surface area contributed by atoms with Gasteiger partial charge in [0, 0.05) is 42.2 Å². The number of ether oxygens (including phenoxy) is 15. The number of unbranched alkanes of at least 4 members (excludes halogenated alkanes) is 1. The normalized spacial score (nSPS) is 32.8. The first-order chi connectivity index (χ1) is 47.0. The second-order valence-corrected chi connectivity index (χ2v) is 29.8. The van der Waals surface area contributed by atoms with Gasteiger partial charge in [0.25, 0.3) is 0 Å². The van der Waals surface area contributed by atoms with Gasteiger partial charge < -0.3 is 132 Å². The van der Waals surface area contributed by atoms with Crippen molar-refractivity contribution in [3.8, 4) is 0 Å². The van der Waals surface area contributed by atoms with E-state index >= 15 is 0 Å². The predicted octanol–water partition coefficient (Wildman–Crippen LogP) is -40.9. The van der Waals surface area contributed by atoms with Crippen molar-refractivity contribution in [2.45, 2.75) is 173 Å². The molecule has 25 unspecified atom stereocenters. The molecule has 0 bridgehead atoms. The number of carbonyl (C=O) groups is 2. The van der Waals surface area contributed by atoms with Crippen molar-refractivity contribution in [2.75, 3.05) is 62.0 Å². The van der Waals surface area contributed by atoms with Crippen LogP contribution >= 0.6 is 0 Å². The van der Waals surface area contributed by atoms with Gasteiger partial charge in [-0.05, 0) is 6.42 Å². The zero-order valence-corrected chi connectivity index (χ0v) is 86.2. The first-order valence-corrected chi connectivity index (χ1v) is 39.3. The van der Waals surface area contributed by atoms with Gasteiger partial charge in [0.05, 0.1) is 31.8 Å². The van der Waals surface area contributed by atoms with E-state index in [9.17, 15) is 137 Å². The second kappa shape index (κ2) is 54.0. The molecule has 55 nitrogen and oxygen atoms in total. The average molecular weight is 1900 g/mol. The van der Waals surface area contributed by atoms with Crippen LogP contribution in [0.25, 0.3) is 0 Å². The van der Waals surface area contributed by atoms with E-state index in [1.165, 1.54) is 6.92 Å². The minimum Gasteiger partial charge on any atom is -0.726 e. The van der Waals surface area contributed by atoms with Gasteiger partial charge in [0.2, 0.25) is 93.6 Å². The van der Waals surface area contributed by atoms with E-state index < -0.39 is 285 Å². The summed E-state index contributed by atoms with van der Waals surface area (Å²) in [6.45, 7) is -4.97. The molecule has 0 saturated carbocycles. The number of aliphatic carboxylic acids is 2. The zero-order valence-electron chi connectivity index (χ0n) is 60.8. The van der Waals surface area contributed by atoms with E-state index in [-0.39, 0.29) is 279 Å². The third-order valence-electron chi connectivity index (χ3n) is 14.0. The molecular formula is C39H55Na9O55S9-2. The predicted molar refractivity (Wildman–Crippen MR) is 282 cm³/mol. The molecule has 0 radical (unpaired) electrons. The van der Waals surface area contributed by atoms with E-state index in [0.717, 1.165) is 14.2 Å². The van der Waals surface area contributed by atoms with Crippen LogP contribution in [0, 0.1) is 0 Å². The summed E-state index contributed by atoms with van der Waals surface area (Å²) in [7, 11) is -53.2. The molecule has 0 N–H and O–H groups in total. The molecule has 0 aromatic carbocycles. The SMILES string of the molecule is CCCCOC1C(OS(=O)(=O)[O-])C(OC2C(COS(=O)(=O)[O-])OC(OC)C(OS(=O)(=O)[O-])C2OS(=O)(=O)[O-])OC(C(=O)[O-])C1OC1OC(COS(=O)(=O)[O-])C(OC2OC(C(=O)[O-])C(OC3OC(COS(=O)(=O)[O-])C(OC)C(OC)C3OS(=O)(=O)[O-])C(OC)C2OC)C(OS(=O)(=O)[O-])C1OS(=O)(=O)[O-].[Na+].[Na+].[Na+].[Na+].[Na+].[Na+].[Na+].[Na+].[Na+]. The molecule has 5 fully saturated rings. The minimum absolute atomic E-state index is 0. The Bertz CT molecular complexity index is 3960. The smallest absolute Gasteiger partial charge is 0.726 e. The van der Waals surface area contributed by atoms with Crippen molar-refractivity contribution in [2.24, 2.45) is 0 Å². The second-order valence-electron chi connectivity index (χ2n) is 20.6. The molecule has 0 aliphatic carbocycles. The molecule has 25 atom stereocenters. The number of carboxylic acid groups (broad SMARTS) is 2. The van der Waals surface area contributed by atoms with Crippen molar-refractivity contribution >= 4 is 106 Å². The van der Waals surface area contributed by atoms with Crippen molar-refractivity contribution in [1.29, 1.82) is 0 Å². The van der Waals surface area contributed by atoms with E-state index in [1.54, 1.807) is 0 Å². The van der Waals surface area contributed by atoms with Crippen LogP contribution in [0.1, 0.15) is 19.8 Å². The number of carbonyl (C=O) groups excluding carboxylic acids is 2. The molecule has 5 saturated heterocycles. The van der Waals surface area contributed by atoms with E-state index in [1.807, 2.05) is 0 Å². The van der Waals surface area contributed by atoms with E-state index in [4.69, 9.17) is 71.1 Å². The van der Waals surface area contributed by atoms with Crippen LogP contribution in [0.3, 0.4) is 0 Å². The minimum atomic E-state index is -6.72. The molecule has 0 aromatic heterocycles. The first-order valence-electron chi connectivity index (χ1n) is 27.3. The molecule has 0 aromatic rings. The van der Waals surface area contributed by atoms with Crippen molar-refractivity contribution in [1.82, 2.24) is 0 Å². The topological polar surface area (TPSA) is 817 Å². The fraction of sp³-hybridized carbons (Fsp3) is 0.949. The van der Waals surface area contributed by atoms with Crippen LogP contribution in [0.2, 0.25) is 0 Å². The van der Waals surface area contributed by atoms with Crippen molar-refractivity contribution in [3.05, 3.63) is 0 Å². The monoisotopic (exact) mass is 1900 g/mol. The van der Waals surface area contributed by atoms with Gasteiger partial charge in [-0.25, -0.2) is 75.8 Å². The number of methoxy groups -OCH3 is 5. The molecule has 5 aliphatic heterocycles. The first kappa shape index (κ1) is 127. The molecule has 606 valence electrons. The number of hydrogen-bond donors (Lipinski definition) is 0. The summed E-state index contributed by atoms with van der Waals surface area (Å²) >= 11 is 0. The molecule has 112 heavy (non-hydrogen) atoms. The molecule has 5 heterocycles. The molecule has 0 spiro atoms. The third-order valence-corrected chi connectivity index (χ3v) is 18.0. The standard InChI is InChI=1S/C39H66O55S9.9Na/c1-7-8-9-76-21-23(27(34(42)43)88-39(30(21)92-101(62,63)64)84-17-14(11-78-96(47,48)49)80-35(75-6)31(93-102(65,66)67)24(17)89-98(53,54)55)86-38-32(94-103(68,69)70)25(90-99(56,57)58)18(15(82-38)12-79-97(50,51)52)83-36-28(74-5)20(73-4)22(26(87-36)33(40)41)85-37-29(91-100(59,60)61)19(72-3)16(71-2)13(81-37)10-77-95(44,45)46;;;;;;;;;/h13-32,35-39H,7-12H2,1-6H3,(H,40,41)(H,42,43)(H,44,45,46)(H,47,48,49)(H,50,51,52)(H,53,54,55)(H,56,57,58)(H,59,60,61)(H,62,63,64)(H,65,66,67)(H,68,69,70);;;;;;;;;/q;9*+1/p-11. The van der Waals surface area contributed by atoms with Crippen LogP contribution in [0.15, 0.2) is 0 Å². The maximum Gasteiger partial charge on any atom is 1.00 e. The summed E-state index contributed by atoms with van der Waals surface area (Å²) in [6, 6.07) is 0. The molecule has 73 heteroatoms. The van der Waals surface area contributed by atoms with Gasteiger partial charge in [-0.2, -0.15) is 0 Å². The molecule has 5 rings (SSSR count). The quantitative estimate of drug-likeness (QED) is 0.0238. The maximum absolute atomic E-state index is 13.4. The van der Waals surface area contributed by atoms with Gasteiger partial charge in [-0.3, -0.25) is 37.6 Å². The van der Waals surface area contributed by atoms with Crippen molar-refractivity contribution < 1.29 is 511 Å². The van der Waals surface area contributed by atoms with Crippen LogP contribution in [-0.4, -0.2) is 344 Å². The third kappa shape index (κ3) is 41.3. The van der Waals surface area contributed by atoms with Gasteiger partial charge in [-0.15, -0.1) is 0 Å². The maximum atomic E-state index is 13.4. The van der Waals surface area contributed by atoms with E-state index in [0.29, 0.717) is 21.3 Å². The zero-order chi connectivity index (χ0) is 78.3. The average Bonchev–Trinajstić information content (AvgIpc) is 0.754. The van der Waals surface area contributed by atoms with Gasteiger partial charge in [-0.1, -0.05) is 13.3 Å². The summed E-state index contributed by atoms with van der Waals surface area (Å²) in [5.41, 5.74) is 0. The van der Waals surface area contributed by atoms with Crippen molar-refractivity contribution in [3.63, 3.8) is 0 Å². The molecule has 5 aliphatic rings. The Labute approximate surface area is 838 Å². The number of rotatable bonds is 40. The Hall–Kier alpha value is 6.17. The fourth-order valence-electron chi connectivity index (χ4n) is 10.4. The molecular weight excluding hydrogens is 1840 g/mol. The largest absolute Gasteiger partial charge is 1.00 e. The Morgan fingerprint density at radius 1 is 0.286 bits per heavy atom. The Morgan fingerprint density at radius 3 is 0.812 bits per heavy atom. The Balaban J connectivity index is -0.00000424. The summed E-state index contributed by atoms with van der Waals surface area (Å²) in [5, 5.41) is 26.6.